The largest absolute Gasteiger partial charge is 0.478 e. The van der Waals surface area contributed by atoms with Crippen molar-refractivity contribution < 1.29 is 19.8 Å². The van der Waals surface area contributed by atoms with Crippen molar-refractivity contribution in [2.75, 3.05) is 6.54 Å². The van der Waals surface area contributed by atoms with Crippen molar-refractivity contribution in [3.8, 4) is 0 Å². The molecule has 6 nitrogen and oxygen atoms in total. The number of carbonyl (C=O) groups is 2. The number of nitrogens with two attached hydrogens (primary N) is 1. The van der Waals surface area contributed by atoms with Gasteiger partial charge in [0.05, 0.1) is 0 Å². The van der Waals surface area contributed by atoms with Gasteiger partial charge in [0.2, 0.25) is 0 Å². The lowest BCUT2D eigenvalue weighted by Crippen LogP contribution is -2.08. The van der Waals surface area contributed by atoms with E-state index in [9.17, 15) is 9.59 Å². The first-order valence-corrected chi connectivity index (χ1v) is 6.40. The Morgan fingerprint density at radius 3 is 2.33 bits per heavy atom. The van der Waals surface area contributed by atoms with Gasteiger partial charge in [0.1, 0.15) is 0 Å². The summed E-state index contributed by atoms with van der Waals surface area (Å²) in [6.07, 6.45) is 3.15. The van der Waals surface area contributed by atoms with Crippen LogP contribution in [0.2, 0.25) is 5.02 Å². The number of aromatic nitrogens is 1. The van der Waals surface area contributed by atoms with Gasteiger partial charge in [-0.2, -0.15) is 0 Å². The fraction of sp³-hybridized carbons (Fsp3) is 0.143. The predicted molar refractivity (Wildman–Crippen MR) is 80.4 cm³/mol. The number of nitrogens with zero attached hydrogens (tertiary/aromatic N) is 1. The minimum atomic E-state index is -1.26. The van der Waals surface area contributed by atoms with Gasteiger partial charge in [0, 0.05) is 47.4 Å². The topological polar surface area (TPSA) is 106 Å². The molecule has 112 valence electrons. The molecule has 1 aromatic heterocycles. The Hall–Kier alpha value is -2.31. The molecule has 0 aliphatic carbocycles. The Morgan fingerprint density at radius 1 is 1.19 bits per heavy atom. The third kappa shape index (κ3) is 5.68. The maximum absolute atomic E-state index is 9.55. The van der Waals surface area contributed by atoms with E-state index < -0.39 is 11.9 Å². The van der Waals surface area contributed by atoms with Crippen LogP contribution in [0, 0.1) is 0 Å². The highest BCUT2D eigenvalue weighted by atomic mass is 35.5. The van der Waals surface area contributed by atoms with Crippen molar-refractivity contribution >= 4 is 34.4 Å². The summed E-state index contributed by atoms with van der Waals surface area (Å²) in [4.78, 5) is 19.1. The maximum Gasteiger partial charge on any atom is 0.328 e. The zero-order valence-corrected chi connectivity index (χ0v) is 11.8. The summed E-state index contributed by atoms with van der Waals surface area (Å²) >= 11 is 5.87. The van der Waals surface area contributed by atoms with Gasteiger partial charge in [-0.3, -0.25) is 0 Å². The lowest BCUT2D eigenvalue weighted by atomic mass is 10.2. The lowest BCUT2D eigenvalue weighted by Gasteiger charge is -2.01. The molecule has 4 N–H and O–H groups in total. The monoisotopic (exact) mass is 310 g/mol. The first-order valence-electron chi connectivity index (χ1n) is 6.02. The fourth-order valence-corrected chi connectivity index (χ4v) is 1.83. The molecule has 0 amide bonds. The average molecular weight is 311 g/mol. The van der Waals surface area contributed by atoms with Crippen molar-refractivity contribution in [3.63, 3.8) is 0 Å². The van der Waals surface area contributed by atoms with Gasteiger partial charge in [-0.1, -0.05) is 11.6 Å². The van der Waals surface area contributed by atoms with E-state index in [0.29, 0.717) is 18.7 Å². The summed E-state index contributed by atoms with van der Waals surface area (Å²) in [6, 6.07) is 7.94. The number of rotatable bonds is 4. The Kier molecular flexibility index (Phi) is 6.45. The van der Waals surface area contributed by atoms with Crippen molar-refractivity contribution in [2.24, 2.45) is 5.73 Å². The Morgan fingerprint density at radius 2 is 1.81 bits per heavy atom. The molecule has 0 fully saturated rings. The van der Waals surface area contributed by atoms with Crippen LogP contribution < -0.4 is 5.73 Å². The van der Waals surface area contributed by atoms with E-state index in [0.717, 1.165) is 11.6 Å². The van der Waals surface area contributed by atoms with Gasteiger partial charge < -0.3 is 20.5 Å². The Bertz CT molecular complexity index is 648. The second-order valence-electron chi connectivity index (χ2n) is 4.01. The molecular formula is C14H15ClN2O4. The first-order chi connectivity index (χ1) is 9.93. The van der Waals surface area contributed by atoms with Crippen LogP contribution in [0.1, 0.15) is 0 Å². The van der Waals surface area contributed by atoms with Crippen molar-refractivity contribution in [3.05, 3.63) is 47.6 Å². The zero-order chi connectivity index (χ0) is 15.8. The molecule has 21 heavy (non-hydrogen) atoms. The van der Waals surface area contributed by atoms with E-state index in [2.05, 4.69) is 10.6 Å². The predicted octanol–water partition coefficient (Wildman–Crippen LogP) is 1.97. The van der Waals surface area contributed by atoms with E-state index in [1.165, 1.54) is 10.9 Å². The van der Waals surface area contributed by atoms with Crippen LogP contribution in [-0.4, -0.2) is 33.3 Å². The van der Waals surface area contributed by atoms with Crippen LogP contribution in [0.3, 0.4) is 0 Å². The molecule has 1 heterocycles. The molecule has 0 atom stereocenters. The molecule has 0 saturated heterocycles. The standard InChI is InChI=1S/C10H11ClN2.C4H4O4/c11-9-1-2-10-8(7-9)3-5-13(10)6-4-12;5-3(6)1-2-4(7)8/h1-3,5,7H,4,6,12H2;1-2H,(H,5,6)(H,7,8)/b;2-1+. The SMILES string of the molecule is NCCn1ccc2cc(Cl)ccc21.O=C(O)/C=C/C(=O)O. The maximum atomic E-state index is 9.55. The van der Waals surface area contributed by atoms with E-state index in [1.807, 2.05) is 24.4 Å². The minimum absolute atomic E-state index is 0.558. The van der Waals surface area contributed by atoms with Crippen LogP contribution in [0.5, 0.6) is 0 Å². The summed E-state index contributed by atoms with van der Waals surface area (Å²) in [6.45, 7) is 1.51. The molecule has 1 aromatic carbocycles. The summed E-state index contributed by atoms with van der Waals surface area (Å²) < 4.78 is 2.13. The number of halogens is 1. The van der Waals surface area contributed by atoms with Gasteiger partial charge >= 0.3 is 11.9 Å². The number of hydrogen-bond acceptors (Lipinski definition) is 3. The van der Waals surface area contributed by atoms with Crippen LogP contribution in [0.25, 0.3) is 10.9 Å². The smallest absolute Gasteiger partial charge is 0.328 e. The number of aliphatic carboxylic acids is 2. The first kappa shape index (κ1) is 16.7. The molecule has 0 spiro atoms. The van der Waals surface area contributed by atoms with Gasteiger partial charge in [-0.25, -0.2) is 9.59 Å². The Labute approximate surface area is 126 Å². The van der Waals surface area contributed by atoms with E-state index in [1.54, 1.807) is 0 Å². The highest BCUT2D eigenvalue weighted by molar-refractivity contribution is 6.31. The molecule has 2 rings (SSSR count). The van der Waals surface area contributed by atoms with Gasteiger partial charge in [-0.05, 0) is 24.3 Å². The quantitative estimate of drug-likeness (QED) is 0.749. The third-order valence-corrected chi connectivity index (χ3v) is 2.71. The molecule has 0 radical (unpaired) electrons. The second-order valence-corrected chi connectivity index (χ2v) is 4.45. The highest BCUT2D eigenvalue weighted by Gasteiger charge is 1.99. The van der Waals surface area contributed by atoms with E-state index in [-0.39, 0.29) is 0 Å². The fourth-order valence-electron chi connectivity index (χ4n) is 1.65. The van der Waals surface area contributed by atoms with Crippen LogP contribution >= 0.6 is 11.6 Å². The molecule has 0 saturated carbocycles. The average Bonchev–Trinajstić information content (AvgIpc) is 2.80. The Balaban J connectivity index is 0.000000240. The second kappa shape index (κ2) is 8.08. The number of fused-ring (bicyclic) bond motifs is 1. The normalized spacial score (nSPS) is 10.4. The summed E-state index contributed by atoms with van der Waals surface area (Å²) in [5.41, 5.74) is 6.68. The van der Waals surface area contributed by atoms with Gasteiger partial charge in [0.15, 0.2) is 0 Å². The van der Waals surface area contributed by atoms with Crippen LogP contribution in [0.4, 0.5) is 0 Å². The van der Waals surface area contributed by atoms with E-state index >= 15 is 0 Å². The van der Waals surface area contributed by atoms with Gasteiger partial charge in [0.25, 0.3) is 0 Å². The number of carboxylic acids is 2. The van der Waals surface area contributed by atoms with Crippen molar-refractivity contribution in [1.82, 2.24) is 4.57 Å². The minimum Gasteiger partial charge on any atom is -0.478 e. The number of hydrogen-bond donors (Lipinski definition) is 3. The highest BCUT2D eigenvalue weighted by Crippen LogP contribution is 2.20. The molecule has 0 aliphatic rings. The molecule has 0 aliphatic heterocycles. The summed E-state index contributed by atoms with van der Waals surface area (Å²) in [7, 11) is 0. The molecule has 0 unspecified atom stereocenters. The molecule has 7 heteroatoms. The molecule has 2 aromatic rings. The van der Waals surface area contributed by atoms with Gasteiger partial charge in [-0.15, -0.1) is 0 Å². The summed E-state index contributed by atoms with van der Waals surface area (Å²) in [5.74, 6) is -2.51. The number of benzene rings is 1. The number of carboxylic acid groups (broad SMARTS) is 2. The molecule has 0 bridgehead atoms. The van der Waals surface area contributed by atoms with Crippen LogP contribution in [-0.2, 0) is 16.1 Å². The van der Waals surface area contributed by atoms with Crippen molar-refractivity contribution in [1.29, 1.82) is 0 Å². The summed E-state index contributed by atoms with van der Waals surface area (Å²) in [5, 5.41) is 17.6. The lowest BCUT2D eigenvalue weighted by molar-refractivity contribution is -0.134. The molecular weight excluding hydrogens is 296 g/mol. The van der Waals surface area contributed by atoms with E-state index in [4.69, 9.17) is 27.5 Å². The third-order valence-electron chi connectivity index (χ3n) is 2.47. The van der Waals surface area contributed by atoms with Crippen molar-refractivity contribution in [2.45, 2.75) is 6.54 Å². The zero-order valence-electron chi connectivity index (χ0n) is 11.1. The van der Waals surface area contributed by atoms with Crippen LogP contribution in [0.15, 0.2) is 42.6 Å².